The summed E-state index contributed by atoms with van der Waals surface area (Å²) in [5.74, 6) is -0.145. The van der Waals surface area contributed by atoms with Crippen LogP contribution in [-0.4, -0.2) is 32.1 Å². The number of nitrogens with zero attached hydrogens (tertiary/aromatic N) is 1. The van der Waals surface area contributed by atoms with Crippen molar-refractivity contribution < 1.29 is 9.53 Å². The number of carbonyl (C=O) groups is 1. The lowest BCUT2D eigenvalue weighted by Crippen LogP contribution is -2.22. The topological polar surface area (TPSA) is 29.5 Å². The Morgan fingerprint density at radius 3 is 2.37 bits per heavy atom. The molecular formula is C16H25NO2. The highest BCUT2D eigenvalue weighted by Gasteiger charge is 2.19. The van der Waals surface area contributed by atoms with E-state index in [1.165, 1.54) is 29.4 Å². The van der Waals surface area contributed by atoms with Gasteiger partial charge in [-0.2, -0.15) is 0 Å². The molecule has 0 aliphatic carbocycles. The van der Waals surface area contributed by atoms with E-state index >= 15 is 0 Å². The fourth-order valence-corrected chi connectivity index (χ4v) is 2.39. The summed E-state index contributed by atoms with van der Waals surface area (Å²) >= 11 is 0. The molecule has 1 unspecified atom stereocenters. The summed E-state index contributed by atoms with van der Waals surface area (Å²) in [5.41, 5.74) is 5.27. The van der Waals surface area contributed by atoms with Crippen LogP contribution in [-0.2, 0) is 9.53 Å². The predicted molar refractivity (Wildman–Crippen MR) is 78.3 cm³/mol. The molecule has 19 heavy (non-hydrogen) atoms. The third kappa shape index (κ3) is 3.80. The maximum Gasteiger partial charge on any atom is 0.305 e. The number of aryl methyl sites for hydroxylation is 1. The van der Waals surface area contributed by atoms with Gasteiger partial charge in [0.2, 0.25) is 0 Å². The Balaban J connectivity index is 3.00. The van der Waals surface area contributed by atoms with Crippen molar-refractivity contribution in [2.24, 2.45) is 0 Å². The molecule has 0 aromatic heterocycles. The normalized spacial score (nSPS) is 12.6. The predicted octanol–water partition coefficient (Wildman–Crippen LogP) is 3.17. The molecule has 3 heteroatoms. The third-order valence-electron chi connectivity index (χ3n) is 3.93. The van der Waals surface area contributed by atoms with Crippen LogP contribution in [0.5, 0.6) is 0 Å². The van der Waals surface area contributed by atoms with Crippen LogP contribution in [0.25, 0.3) is 0 Å². The monoisotopic (exact) mass is 263 g/mol. The highest BCUT2D eigenvalue weighted by molar-refractivity contribution is 5.69. The van der Waals surface area contributed by atoms with Gasteiger partial charge in [-0.25, -0.2) is 0 Å². The maximum absolute atomic E-state index is 11.3. The molecule has 1 atom stereocenters. The average Bonchev–Trinajstić information content (AvgIpc) is 2.37. The molecule has 3 nitrogen and oxygen atoms in total. The Morgan fingerprint density at radius 2 is 1.84 bits per heavy atom. The van der Waals surface area contributed by atoms with Crippen LogP contribution < -0.4 is 0 Å². The largest absolute Gasteiger partial charge is 0.469 e. The van der Waals surface area contributed by atoms with Crippen LogP contribution in [0.3, 0.4) is 0 Å². The molecule has 0 fully saturated rings. The molecule has 1 aromatic rings. The number of benzene rings is 1. The van der Waals surface area contributed by atoms with Crippen molar-refractivity contribution in [2.45, 2.75) is 39.7 Å². The zero-order chi connectivity index (χ0) is 14.6. The molecule has 0 N–H and O–H groups in total. The number of esters is 1. The summed E-state index contributed by atoms with van der Waals surface area (Å²) in [6.07, 6.45) is 1.23. The highest BCUT2D eigenvalue weighted by Crippen LogP contribution is 2.29. The fourth-order valence-electron chi connectivity index (χ4n) is 2.39. The molecule has 0 aliphatic rings. The summed E-state index contributed by atoms with van der Waals surface area (Å²) in [6.45, 7) is 6.44. The summed E-state index contributed by atoms with van der Waals surface area (Å²) in [5, 5.41) is 0. The van der Waals surface area contributed by atoms with Crippen molar-refractivity contribution in [1.29, 1.82) is 0 Å². The van der Waals surface area contributed by atoms with E-state index in [2.05, 4.69) is 51.9 Å². The second-order valence-corrected chi connectivity index (χ2v) is 5.32. The van der Waals surface area contributed by atoms with Gasteiger partial charge in [0, 0.05) is 12.5 Å². The highest BCUT2D eigenvalue weighted by atomic mass is 16.5. The van der Waals surface area contributed by atoms with E-state index in [0.29, 0.717) is 6.42 Å². The van der Waals surface area contributed by atoms with Crippen molar-refractivity contribution in [3.05, 3.63) is 34.4 Å². The second-order valence-electron chi connectivity index (χ2n) is 5.32. The summed E-state index contributed by atoms with van der Waals surface area (Å²) in [4.78, 5) is 13.5. The van der Waals surface area contributed by atoms with E-state index in [-0.39, 0.29) is 12.0 Å². The lowest BCUT2D eigenvalue weighted by Gasteiger charge is -2.27. The van der Waals surface area contributed by atoms with E-state index in [0.717, 1.165) is 6.42 Å². The third-order valence-corrected chi connectivity index (χ3v) is 3.93. The van der Waals surface area contributed by atoms with Gasteiger partial charge in [0.1, 0.15) is 0 Å². The summed E-state index contributed by atoms with van der Waals surface area (Å²) < 4.78 is 4.73. The average molecular weight is 263 g/mol. The smallest absolute Gasteiger partial charge is 0.305 e. The van der Waals surface area contributed by atoms with Gasteiger partial charge >= 0.3 is 5.97 Å². The van der Waals surface area contributed by atoms with Gasteiger partial charge < -0.3 is 9.64 Å². The van der Waals surface area contributed by atoms with Crippen molar-refractivity contribution in [3.63, 3.8) is 0 Å². The first-order valence-corrected chi connectivity index (χ1v) is 6.68. The van der Waals surface area contributed by atoms with Gasteiger partial charge in [0.25, 0.3) is 0 Å². The molecule has 1 aromatic carbocycles. The van der Waals surface area contributed by atoms with Gasteiger partial charge in [0.15, 0.2) is 0 Å². The quantitative estimate of drug-likeness (QED) is 0.764. The van der Waals surface area contributed by atoms with Crippen molar-refractivity contribution in [3.8, 4) is 0 Å². The minimum Gasteiger partial charge on any atom is -0.469 e. The van der Waals surface area contributed by atoms with E-state index in [4.69, 9.17) is 4.74 Å². The number of ether oxygens (including phenoxy) is 1. The van der Waals surface area contributed by atoms with E-state index < -0.39 is 0 Å². The van der Waals surface area contributed by atoms with Gasteiger partial charge in [-0.3, -0.25) is 4.79 Å². The van der Waals surface area contributed by atoms with Crippen molar-refractivity contribution >= 4 is 5.97 Å². The Bertz CT molecular complexity index is 452. The number of methoxy groups -OCH3 is 1. The molecule has 0 heterocycles. The Morgan fingerprint density at radius 1 is 1.21 bits per heavy atom. The van der Waals surface area contributed by atoms with Crippen LogP contribution in [0.1, 0.15) is 41.1 Å². The SMILES string of the molecule is COC(=O)CCC(c1ccc(C)c(C)c1C)N(C)C. The summed E-state index contributed by atoms with van der Waals surface area (Å²) in [7, 11) is 5.54. The molecule has 0 amide bonds. The van der Waals surface area contributed by atoms with E-state index in [1.54, 1.807) is 0 Å². The first-order chi connectivity index (χ1) is 8.88. The second kappa shape index (κ2) is 6.71. The van der Waals surface area contributed by atoms with E-state index in [1.807, 2.05) is 0 Å². The Labute approximate surface area is 116 Å². The zero-order valence-electron chi connectivity index (χ0n) is 12.9. The number of carbonyl (C=O) groups excluding carboxylic acids is 1. The standard InChI is InChI=1S/C16H25NO2/c1-11-7-8-14(13(3)12(11)2)15(17(4)5)9-10-16(18)19-6/h7-8,15H,9-10H2,1-6H3. The molecule has 1 rings (SSSR count). The molecule has 0 aliphatic heterocycles. The van der Waals surface area contributed by atoms with Crippen molar-refractivity contribution in [1.82, 2.24) is 4.90 Å². The molecule has 0 radical (unpaired) electrons. The van der Waals surface area contributed by atoms with Crippen LogP contribution in [0, 0.1) is 20.8 Å². The van der Waals surface area contributed by atoms with Gasteiger partial charge in [0.05, 0.1) is 7.11 Å². The summed E-state index contributed by atoms with van der Waals surface area (Å²) in [6, 6.07) is 4.59. The fraction of sp³-hybridized carbons (Fsp3) is 0.562. The number of hydrogen-bond donors (Lipinski definition) is 0. The van der Waals surface area contributed by atoms with Gasteiger partial charge in [-0.15, -0.1) is 0 Å². The first-order valence-electron chi connectivity index (χ1n) is 6.68. The van der Waals surface area contributed by atoms with Crippen LogP contribution >= 0.6 is 0 Å². The molecule has 0 saturated heterocycles. The van der Waals surface area contributed by atoms with Crippen LogP contribution in [0.4, 0.5) is 0 Å². The molecule has 0 spiro atoms. The van der Waals surface area contributed by atoms with Gasteiger partial charge in [-0.05, 0) is 63.5 Å². The maximum atomic E-state index is 11.3. The molecule has 106 valence electrons. The number of hydrogen-bond acceptors (Lipinski definition) is 3. The van der Waals surface area contributed by atoms with Gasteiger partial charge in [-0.1, -0.05) is 12.1 Å². The Hall–Kier alpha value is -1.35. The Kier molecular flexibility index (Phi) is 5.55. The minimum atomic E-state index is -0.145. The van der Waals surface area contributed by atoms with E-state index in [9.17, 15) is 4.79 Å². The van der Waals surface area contributed by atoms with Crippen molar-refractivity contribution in [2.75, 3.05) is 21.2 Å². The lowest BCUT2D eigenvalue weighted by molar-refractivity contribution is -0.141. The van der Waals surface area contributed by atoms with Crippen LogP contribution in [0.2, 0.25) is 0 Å². The van der Waals surface area contributed by atoms with Crippen LogP contribution in [0.15, 0.2) is 12.1 Å². The molecule has 0 bridgehead atoms. The zero-order valence-corrected chi connectivity index (χ0v) is 12.9. The molecule has 0 saturated carbocycles. The first kappa shape index (κ1) is 15.7. The minimum absolute atomic E-state index is 0.145. The molecular weight excluding hydrogens is 238 g/mol. The lowest BCUT2D eigenvalue weighted by atomic mass is 9.91. The number of rotatable bonds is 5.